The van der Waals surface area contributed by atoms with Crippen molar-refractivity contribution in [1.29, 1.82) is 0 Å². The monoisotopic (exact) mass is 235 g/mol. The standard InChI is InChI=1S/C12H17N3O2/c1-9-10(4-3-5-12(9)15(16)17)8-14(2)11-6-13-7-11/h3-5,11,13H,6-8H2,1-2H3. The van der Waals surface area contributed by atoms with Crippen LogP contribution in [0.15, 0.2) is 18.2 Å². The van der Waals surface area contributed by atoms with Gasteiger partial charge in [-0.2, -0.15) is 0 Å². The summed E-state index contributed by atoms with van der Waals surface area (Å²) in [7, 11) is 2.06. The molecule has 5 heteroatoms. The van der Waals surface area contributed by atoms with Crippen LogP contribution in [0.3, 0.4) is 0 Å². The van der Waals surface area contributed by atoms with Gasteiger partial charge in [-0.25, -0.2) is 0 Å². The van der Waals surface area contributed by atoms with Crippen LogP contribution in [0.5, 0.6) is 0 Å². The van der Waals surface area contributed by atoms with E-state index in [1.165, 1.54) is 0 Å². The zero-order valence-corrected chi connectivity index (χ0v) is 10.1. The molecule has 0 amide bonds. The largest absolute Gasteiger partial charge is 0.314 e. The van der Waals surface area contributed by atoms with E-state index in [9.17, 15) is 10.1 Å². The number of hydrogen-bond acceptors (Lipinski definition) is 4. The van der Waals surface area contributed by atoms with Gasteiger partial charge in [-0.05, 0) is 19.5 Å². The number of nitrogens with one attached hydrogen (secondary N) is 1. The maximum Gasteiger partial charge on any atom is 0.272 e. The van der Waals surface area contributed by atoms with Crippen molar-refractivity contribution < 1.29 is 4.92 Å². The van der Waals surface area contributed by atoms with Crippen LogP contribution in [0.1, 0.15) is 11.1 Å². The minimum atomic E-state index is -0.316. The lowest BCUT2D eigenvalue weighted by Gasteiger charge is -2.35. The summed E-state index contributed by atoms with van der Waals surface area (Å²) < 4.78 is 0. The van der Waals surface area contributed by atoms with E-state index in [0.29, 0.717) is 6.04 Å². The highest BCUT2D eigenvalue weighted by Gasteiger charge is 2.22. The second-order valence-corrected chi connectivity index (χ2v) is 4.55. The van der Waals surface area contributed by atoms with Gasteiger partial charge in [0, 0.05) is 37.3 Å². The molecule has 0 atom stereocenters. The van der Waals surface area contributed by atoms with E-state index in [1.54, 1.807) is 12.1 Å². The smallest absolute Gasteiger partial charge is 0.272 e. The van der Waals surface area contributed by atoms with Crippen LogP contribution in [0, 0.1) is 17.0 Å². The van der Waals surface area contributed by atoms with E-state index < -0.39 is 0 Å². The van der Waals surface area contributed by atoms with Crippen LogP contribution < -0.4 is 5.32 Å². The number of nitro benzene ring substituents is 1. The van der Waals surface area contributed by atoms with Crippen LogP contribution in [-0.4, -0.2) is 36.0 Å². The third kappa shape index (κ3) is 2.45. The zero-order chi connectivity index (χ0) is 12.4. The lowest BCUT2D eigenvalue weighted by molar-refractivity contribution is -0.385. The molecule has 1 aliphatic rings. The highest BCUT2D eigenvalue weighted by atomic mass is 16.6. The van der Waals surface area contributed by atoms with E-state index in [2.05, 4.69) is 17.3 Å². The molecule has 1 aliphatic heterocycles. The van der Waals surface area contributed by atoms with Gasteiger partial charge in [-0.1, -0.05) is 12.1 Å². The van der Waals surface area contributed by atoms with Crippen molar-refractivity contribution in [2.75, 3.05) is 20.1 Å². The molecular weight excluding hydrogens is 218 g/mol. The highest BCUT2D eigenvalue weighted by molar-refractivity contribution is 5.44. The van der Waals surface area contributed by atoms with Crippen molar-refractivity contribution in [3.05, 3.63) is 39.4 Å². The molecule has 0 bridgehead atoms. The molecule has 0 aromatic heterocycles. The first-order chi connectivity index (χ1) is 8.09. The lowest BCUT2D eigenvalue weighted by Crippen LogP contribution is -2.55. The predicted molar refractivity (Wildman–Crippen MR) is 66.0 cm³/mol. The summed E-state index contributed by atoms with van der Waals surface area (Å²) in [6.45, 7) is 4.59. The Bertz CT molecular complexity index is 430. The van der Waals surface area contributed by atoms with Crippen LogP contribution in [0.4, 0.5) is 5.69 Å². The first-order valence-corrected chi connectivity index (χ1v) is 5.73. The Morgan fingerprint density at radius 1 is 1.53 bits per heavy atom. The van der Waals surface area contributed by atoms with E-state index in [1.807, 2.05) is 13.0 Å². The quantitative estimate of drug-likeness (QED) is 0.631. The fraction of sp³-hybridized carbons (Fsp3) is 0.500. The minimum absolute atomic E-state index is 0.211. The second-order valence-electron chi connectivity index (χ2n) is 4.55. The molecule has 0 aliphatic carbocycles. The molecule has 1 aromatic rings. The van der Waals surface area contributed by atoms with E-state index in [0.717, 1.165) is 30.8 Å². The Labute approximate surface area is 101 Å². The number of nitro groups is 1. The molecule has 92 valence electrons. The van der Waals surface area contributed by atoms with Gasteiger partial charge >= 0.3 is 0 Å². The Morgan fingerprint density at radius 2 is 2.24 bits per heavy atom. The third-order valence-corrected chi connectivity index (χ3v) is 3.42. The Kier molecular flexibility index (Phi) is 3.40. The molecule has 2 rings (SSSR count). The maximum atomic E-state index is 10.8. The van der Waals surface area contributed by atoms with Gasteiger partial charge in [0.05, 0.1) is 4.92 Å². The molecule has 1 N–H and O–H groups in total. The molecule has 0 radical (unpaired) electrons. The second kappa shape index (κ2) is 4.81. The van der Waals surface area contributed by atoms with Crippen LogP contribution in [-0.2, 0) is 6.54 Å². The fourth-order valence-electron chi connectivity index (χ4n) is 2.02. The van der Waals surface area contributed by atoms with E-state index in [-0.39, 0.29) is 10.6 Å². The molecule has 1 heterocycles. The van der Waals surface area contributed by atoms with Crippen molar-refractivity contribution >= 4 is 5.69 Å². The number of benzene rings is 1. The molecule has 1 saturated heterocycles. The average Bonchev–Trinajstić information content (AvgIpc) is 2.18. The van der Waals surface area contributed by atoms with E-state index >= 15 is 0 Å². The fourth-order valence-corrected chi connectivity index (χ4v) is 2.02. The molecule has 0 spiro atoms. The van der Waals surface area contributed by atoms with Gasteiger partial charge in [0.15, 0.2) is 0 Å². The highest BCUT2D eigenvalue weighted by Crippen LogP contribution is 2.22. The Morgan fingerprint density at radius 3 is 2.76 bits per heavy atom. The molecule has 1 aromatic carbocycles. The molecule has 5 nitrogen and oxygen atoms in total. The van der Waals surface area contributed by atoms with Crippen molar-refractivity contribution in [3.63, 3.8) is 0 Å². The van der Waals surface area contributed by atoms with Crippen LogP contribution >= 0.6 is 0 Å². The van der Waals surface area contributed by atoms with Crippen LogP contribution in [0.2, 0.25) is 0 Å². The summed E-state index contributed by atoms with van der Waals surface area (Å²) in [4.78, 5) is 12.8. The summed E-state index contributed by atoms with van der Waals surface area (Å²) in [5.74, 6) is 0. The molecule has 0 saturated carbocycles. The topological polar surface area (TPSA) is 58.4 Å². The average molecular weight is 235 g/mol. The minimum Gasteiger partial charge on any atom is -0.314 e. The van der Waals surface area contributed by atoms with Gasteiger partial charge in [-0.15, -0.1) is 0 Å². The predicted octanol–water partition coefficient (Wildman–Crippen LogP) is 1.31. The lowest BCUT2D eigenvalue weighted by atomic mass is 10.0. The Hall–Kier alpha value is -1.46. The van der Waals surface area contributed by atoms with Gasteiger partial charge in [-0.3, -0.25) is 15.0 Å². The summed E-state index contributed by atoms with van der Waals surface area (Å²) in [5, 5.41) is 14.1. The summed E-state index contributed by atoms with van der Waals surface area (Å²) in [6, 6.07) is 5.83. The number of hydrogen-bond donors (Lipinski definition) is 1. The maximum absolute atomic E-state index is 10.8. The van der Waals surface area contributed by atoms with Crippen molar-refractivity contribution in [2.45, 2.75) is 19.5 Å². The zero-order valence-electron chi connectivity index (χ0n) is 10.1. The number of nitrogens with zero attached hydrogens (tertiary/aromatic N) is 2. The van der Waals surface area contributed by atoms with Crippen molar-refractivity contribution in [2.24, 2.45) is 0 Å². The normalized spacial score (nSPS) is 15.9. The van der Waals surface area contributed by atoms with Crippen molar-refractivity contribution in [3.8, 4) is 0 Å². The Balaban J connectivity index is 2.15. The van der Waals surface area contributed by atoms with Gasteiger partial charge in [0.2, 0.25) is 0 Å². The molecular formula is C12H17N3O2. The van der Waals surface area contributed by atoms with E-state index in [4.69, 9.17) is 0 Å². The summed E-state index contributed by atoms with van der Waals surface area (Å²) in [5.41, 5.74) is 2.02. The molecule has 1 fully saturated rings. The van der Waals surface area contributed by atoms with Gasteiger partial charge in [0.25, 0.3) is 5.69 Å². The SMILES string of the molecule is Cc1c(CN(C)C2CNC2)cccc1[N+](=O)[O-]. The van der Waals surface area contributed by atoms with Gasteiger partial charge in [0.1, 0.15) is 0 Å². The van der Waals surface area contributed by atoms with Crippen molar-refractivity contribution in [1.82, 2.24) is 10.2 Å². The summed E-state index contributed by atoms with van der Waals surface area (Å²) >= 11 is 0. The summed E-state index contributed by atoms with van der Waals surface area (Å²) in [6.07, 6.45) is 0. The number of rotatable bonds is 4. The third-order valence-electron chi connectivity index (χ3n) is 3.42. The van der Waals surface area contributed by atoms with Gasteiger partial charge < -0.3 is 5.32 Å². The van der Waals surface area contributed by atoms with Crippen LogP contribution in [0.25, 0.3) is 0 Å². The first kappa shape index (κ1) is 12.0. The first-order valence-electron chi connectivity index (χ1n) is 5.73. The molecule has 17 heavy (non-hydrogen) atoms. The number of likely N-dealkylation sites (N-methyl/N-ethyl adjacent to an activating group) is 1. The molecule has 0 unspecified atom stereocenters.